The average molecular weight is 314 g/mol. The summed E-state index contributed by atoms with van der Waals surface area (Å²) in [4.78, 5) is 24.4. The van der Waals surface area contributed by atoms with Crippen LogP contribution in [0.5, 0.6) is 0 Å². The number of carboxylic acid groups (broad SMARTS) is 1. The molecule has 0 radical (unpaired) electrons. The van der Waals surface area contributed by atoms with Gasteiger partial charge in [0.05, 0.1) is 0 Å². The van der Waals surface area contributed by atoms with Crippen molar-refractivity contribution in [3.05, 3.63) is 34.3 Å². The van der Waals surface area contributed by atoms with Gasteiger partial charge in [0.15, 0.2) is 6.04 Å². The minimum absolute atomic E-state index is 0.229. The Morgan fingerprint density at radius 3 is 2.28 bits per heavy atom. The smallest absolute Gasteiger partial charge is 0.331 e. The Kier molecular flexibility index (Phi) is 5.34. The molecule has 5 heteroatoms. The molecule has 0 fully saturated rings. The van der Waals surface area contributed by atoms with Crippen LogP contribution in [0.1, 0.15) is 31.9 Å². The molecule has 1 N–H and O–H groups in total. The number of halogens is 1. The summed E-state index contributed by atoms with van der Waals surface area (Å²) >= 11 is 3.30. The summed E-state index contributed by atoms with van der Waals surface area (Å²) in [5.41, 5.74) is 0.606. The van der Waals surface area contributed by atoms with Gasteiger partial charge in [-0.05, 0) is 24.1 Å². The first-order chi connectivity index (χ1) is 8.47. The lowest BCUT2D eigenvalue weighted by molar-refractivity contribution is -0.149. The highest BCUT2D eigenvalue weighted by molar-refractivity contribution is 9.10. The van der Waals surface area contributed by atoms with E-state index in [2.05, 4.69) is 15.9 Å². The van der Waals surface area contributed by atoms with Crippen LogP contribution in [0.25, 0.3) is 0 Å². The van der Waals surface area contributed by atoms with Crippen LogP contribution in [0.2, 0.25) is 0 Å². The number of aliphatic carboxylic acids is 1. The Balaban J connectivity index is 3.11. The minimum atomic E-state index is -1.01. The van der Waals surface area contributed by atoms with E-state index in [-0.39, 0.29) is 5.91 Å². The third-order valence-corrected chi connectivity index (χ3v) is 3.13. The van der Waals surface area contributed by atoms with Crippen LogP contribution in [0.3, 0.4) is 0 Å². The lowest BCUT2D eigenvalue weighted by atomic mass is 10.1. The number of carbonyl (C=O) groups is 2. The molecule has 0 aliphatic carbocycles. The first-order valence-corrected chi connectivity index (χ1v) is 6.52. The highest BCUT2D eigenvalue weighted by Crippen LogP contribution is 2.23. The number of benzene rings is 1. The molecule has 0 aliphatic rings. The molecule has 0 saturated heterocycles. The predicted octanol–water partition coefficient (Wildman–Crippen LogP) is 2.83. The molecule has 0 aliphatic heterocycles. The van der Waals surface area contributed by atoms with Gasteiger partial charge >= 0.3 is 5.97 Å². The van der Waals surface area contributed by atoms with Crippen molar-refractivity contribution in [2.24, 2.45) is 0 Å². The molecule has 0 spiro atoms. The zero-order chi connectivity index (χ0) is 13.7. The lowest BCUT2D eigenvalue weighted by Gasteiger charge is -2.27. The van der Waals surface area contributed by atoms with Gasteiger partial charge in [0.25, 0.3) is 0 Å². The summed E-state index contributed by atoms with van der Waals surface area (Å²) in [7, 11) is 0. The number of rotatable bonds is 5. The van der Waals surface area contributed by atoms with Crippen molar-refractivity contribution in [1.82, 2.24) is 4.90 Å². The zero-order valence-electron chi connectivity index (χ0n) is 10.4. The normalized spacial score (nSPS) is 11.9. The second-order valence-corrected chi connectivity index (χ2v) is 4.92. The second kappa shape index (κ2) is 6.54. The van der Waals surface area contributed by atoms with E-state index in [1.807, 2.05) is 6.92 Å². The maximum absolute atomic E-state index is 11.6. The van der Waals surface area contributed by atoms with Gasteiger partial charge in [-0.15, -0.1) is 0 Å². The van der Waals surface area contributed by atoms with Crippen molar-refractivity contribution in [2.75, 3.05) is 6.54 Å². The van der Waals surface area contributed by atoms with Crippen molar-refractivity contribution < 1.29 is 14.7 Å². The van der Waals surface area contributed by atoms with E-state index >= 15 is 0 Å². The van der Waals surface area contributed by atoms with Crippen molar-refractivity contribution in [2.45, 2.75) is 26.3 Å². The third kappa shape index (κ3) is 3.57. The van der Waals surface area contributed by atoms with E-state index < -0.39 is 12.0 Å². The van der Waals surface area contributed by atoms with Gasteiger partial charge in [-0.1, -0.05) is 35.0 Å². The molecule has 1 unspecified atom stereocenters. The number of nitrogens with zero attached hydrogens (tertiary/aromatic N) is 1. The summed E-state index contributed by atoms with van der Waals surface area (Å²) in [6.07, 6.45) is 0.722. The van der Waals surface area contributed by atoms with Crippen molar-refractivity contribution in [1.29, 1.82) is 0 Å². The summed E-state index contributed by atoms with van der Waals surface area (Å²) in [6, 6.07) is 6.06. The first kappa shape index (κ1) is 14.7. The van der Waals surface area contributed by atoms with E-state index in [4.69, 9.17) is 0 Å². The van der Waals surface area contributed by atoms with E-state index in [9.17, 15) is 14.7 Å². The number of hydrogen-bond acceptors (Lipinski definition) is 2. The zero-order valence-corrected chi connectivity index (χ0v) is 12.0. The van der Waals surface area contributed by atoms with Crippen molar-refractivity contribution >= 4 is 27.8 Å². The number of amides is 1. The summed E-state index contributed by atoms with van der Waals surface area (Å²) in [6.45, 7) is 3.74. The van der Waals surface area contributed by atoms with Crippen LogP contribution in [0.15, 0.2) is 28.7 Å². The largest absolute Gasteiger partial charge is 0.479 e. The Bertz CT molecular complexity index is 430. The maximum atomic E-state index is 11.6. The number of hydrogen-bond donors (Lipinski definition) is 1. The quantitative estimate of drug-likeness (QED) is 0.909. The van der Waals surface area contributed by atoms with Crippen molar-refractivity contribution in [3.8, 4) is 0 Å². The van der Waals surface area contributed by atoms with Gasteiger partial charge in [-0.3, -0.25) is 4.79 Å². The lowest BCUT2D eigenvalue weighted by Crippen LogP contribution is -2.38. The molecule has 4 nitrogen and oxygen atoms in total. The Hall–Kier alpha value is -1.36. The maximum Gasteiger partial charge on any atom is 0.331 e. The minimum Gasteiger partial charge on any atom is -0.479 e. The highest BCUT2D eigenvalue weighted by Gasteiger charge is 2.28. The van der Waals surface area contributed by atoms with Gasteiger partial charge in [0.1, 0.15) is 0 Å². The molecule has 1 aromatic carbocycles. The van der Waals surface area contributed by atoms with Crippen LogP contribution in [0.4, 0.5) is 0 Å². The molecule has 0 saturated carbocycles. The number of carboxylic acids is 1. The predicted molar refractivity (Wildman–Crippen MR) is 72.2 cm³/mol. The van der Waals surface area contributed by atoms with Crippen LogP contribution >= 0.6 is 15.9 Å². The molecular formula is C13H16BrNO3. The van der Waals surface area contributed by atoms with E-state index in [1.54, 1.807) is 24.3 Å². The van der Waals surface area contributed by atoms with Gasteiger partial charge < -0.3 is 10.0 Å². The second-order valence-electron chi connectivity index (χ2n) is 4.00. The molecule has 98 valence electrons. The molecule has 1 atom stereocenters. The fourth-order valence-electron chi connectivity index (χ4n) is 1.81. The molecule has 0 aromatic heterocycles. The first-order valence-electron chi connectivity index (χ1n) is 5.72. The Morgan fingerprint density at radius 1 is 1.33 bits per heavy atom. The van der Waals surface area contributed by atoms with Gasteiger partial charge in [-0.25, -0.2) is 4.79 Å². The standard InChI is InChI=1S/C13H16BrNO3/c1-3-8-15(9(2)16)12(13(17)18)10-4-6-11(14)7-5-10/h4-7,12H,3,8H2,1-2H3,(H,17,18). The molecule has 18 heavy (non-hydrogen) atoms. The van der Waals surface area contributed by atoms with Gasteiger partial charge in [0.2, 0.25) is 5.91 Å². The fraction of sp³-hybridized carbons (Fsp3) is 0.385. The Morgan fingerprint density at radius 2 is 1.89 bits per heavy atom. The SMILES string of the molecule is CCCN(C(C)=O)C(C(=O)O)c1ccc(Br)cc1. The van der Waals surface area contributed by atoms with Crippen molar-refractivity contribution in [3.63, 3.8) is 0 Å². The summed E-state index contributed by atoms with van der Waals surface area (Å²) in [5.74, 6) is -1.24. The molecule has 0 heterocycles. The van der Waals surface area contributed by atoms with E-state index in [0.29, 0.717) is 12.1 Å². The summed E-state index contributed by atoms with van der Waals surface area (Å²) in [5, 5.41) is 9.34. The Labute approximate surface area is 115 Å². The number of carbonyl (C=O) groups excluding carboxylic acids is 1. The molecule has 1 rings (SSSR count). The molecule has 1 amide bonds. The van der Waals surface area contributed by atoms with Crippen LogP contribution < -0.4 is 0 Å². The average Bonchev–Trinajstić information content (AvgIpc) is 2.30. The molecule has 1 aromatic rings. The fourth-order valence-corrected chi connectivity index (χ4v) is 2.07. The van der Waals surface area contributed by atoms with E-state index in [1.165, 1.54) is 11.8 Å². The monoisotopic (exact) mass is 313 g/mol. The molecule has 0 bridgehead atoms. The topological polar surface area (TPSA) is 57.6 Å². The van der Waals surface area contributed by atoms with Crippen LogP contribution in [0, 0.1) is 0 Å². The third-order valence-electron chi connectivity index (χ3n) is 2.60. The van der Waals surface area contributed by atoms with Gasteiger partial charge in [0, 0.05) is 17.9 Å². The van der Waals surface area contributed by atoms with Gasteiger partial charge in [-0.2, -0.15) is 0 Å². The van der Waals surface area contributed by atoms with Crippen LogP contribution in [-0.2, 0) is 9.59 Å². The van der Waals surface area contributed by atoms with Crippen LogP contribution in [-0.4, -0.2) is 28.4 Å². The highest BCUT2D eigenvalue weighted by atomic mass is 79.9. The molecular weight excluding hydrogens is 298 g/mol. The van der Waals surface area contributed by atoms with E-state index in [0.717, 1.165) is 10.9 Å². The summed E-state index contributed by atoms with van der Waals surface area (Å²) < 4.78 is 0.875.